The number of aliphatic hydroxyl groups excluding tert-OH is 1. The van der Waals surface area contributed by atoms with Gasteiger partial charge in [-0.1, -0.05) is 94.6 Å². The number of alkyl carbamates (subject to hydrolysis) is 2. The quantitative estimate of drug-likeness (QED) is 0.0202. The van der Waals surface area contributed by atoms with Gasteiger partial charge in [-0.3, -0.25) is 19.2 Å². The lowest BCUT2D eigenvalue weighted by atomic mass is 9.81. The number of hydrogen-bond acceptors (Lipinski definition) is 25. The van der Waals surface area contributed by atoms with E-state index in [1.54, 1.807) is 45.2 Å². The third-order valence-electron chi connectivity index (χ3n) is 24.8. The molecule has 7 amide bonds. The Balaban J connectivity index is 0.490. The maximum atomic E-state index is 14.6. The topological polar surface area (TPSA) is 395 Å². The normalized spacial score (nSPS) is 29.8. The molecule has 666 valence electrons. The largest absolute Gasteiger partial charge is 0.449 e. The minimum atomic E-state index is -1.11. The second-order valence-electron chi connectivity index (χ2n) is 33.8. The van der Waals surface area contributed by atoms with E-state index in [0.29, 0.717) is 109 Å². The van der Waals surface area contributed by atoms with E-state index in [1.165, 1.54) is 11.1 Å². The van der Waals surface area contributed by atoms with Crippen LogP contribution in [0.5, 0.6) is 0 Å². The van der Waals surface area contributed by atoms with E-state index in [2.05, 4.69) is 76.2 Å². The van der Waals surface area contributed by atoms with Crippen LogP contribution in [0.3, 0.4) is 0 Å². The number of anilines is 1. The van der Waals surface area contributed by atoms with Crippen molar-refractivity contribution in [2.24, 2.45) is 23.5 Å². The van der Waals surface area contributed by atoms with Gasteiger partial charge in [0.05, 0.1) is 146 Å². The van der Waals surface area contributed by atoms with E-state index in [0.717, 1.165) is 54.4 Å². The smallest absolute Gasteiger partial charge is 0.407 e. The number of benzene rings is 3. The van der Waals surface area contributed by atoms with Crippen LogP contribution < -0.4 is 37.6 Å². The molecule has 32 heteroatoms. The summed E-state index contributed by atoms with van der Waals surface area (Å²) in [6.45, 7) is 18.8. The van der Waals surface area contributed by atoms with Gasteiger partial charge in [0, 0.05) is 89.2 Å². The van der Waals surface area contributed by atoms with E-state index in [4.69, 9.17) is 86.3 Å². The number of rotatable bonds is 40. The summed E-state index contributed by atoms with van der Waals surface area (Å²) in [5.41, 5.74) is 12.9. The molecule has 21 atom stereocenters. The molecule has 0 radical (unpaired) electrons. The van der Waals surface area contributed by atoms with E-state index in [-0.39, 0.29) is 163 Å². The highest BCUT2D eigenvalue weighted by Gasteiger charge is 2.69. The number of methoxy groups -OCH3 is 1. The van der Waals surface area contributed by atoms with Gasteiger partial charge in [0.25, 0.3) is 0 Å². The van der Waals surface area contributed by atoms with Gasteiger partial charge in [-0.25, -0.2) is 14.4 Å². The van der Waals surface area contributed by atoms with Gasteiger partial charge >= 0.3 is 18.2 Å². The molecule has 3 aromatic carbocycles. The number of carbonyl (C=O) groups is 7. The summed E-state index contributed by atoms with van der Waals surface area (Å²) in [6.07, 6.45) is 0.200. The predicted octanol–water partition coefficient (Wildman–Crippen LogP) is 7.45. The molecular formula is C89H125N7O25. The average Bonchev–Trinajstić information content (AvgIpc) is 1.55. The van der Waals surface area contributed by atoms with Gasteiger partial charge in [-0.15, -0.1) is 0 Å². The van der Waals surface area contributed by atoms with Crippen LogP contribution in [0.1, 0.15) is 146 Å². The minimum Gasteiger partial charge on any atom is -0.449 e. The first-order chi connectivity index (χ1) is 58.6. The monoisotopic (exact) mass is 1690 g/mol. The second kappa shape index (κ2) is 44.3. The van der Waals surface area contributed by atoms with Crippen LogP contribution in [0.2, 0.25) is 0 Å². The van der Waals surface area contributed by atoms with Crippen LogP contribution in [0.4, 0.5) is 20.1 Å². The van der Waals surface area contributed by atoms with Crippen molar-refractivity contribution in [1.82, 2.24) is 26.6 Å². The zero-order valence-corrected chi connectivity index (χ0v) is 70.2. The summed E-state index contributed by atoms with van der Waals surface area (Å²) in [6, 6.07) is 20.0. The van der Waals surface area contributed by atoms with E-state index >= 15 is 0 Å². The van der Waals surface area contributed by atoms with Crippen molar-refractivity contribution in [3.05, 3.63) is 114 Å². The zero-order chi connectivity index (χ0) is 84.9. The Morgan fingerprint density at radius 1 is 0.603 bits per heavy atom. The third-order valence-corrected chi connectivity index (χ3v) is 24.8. The summed E-state index contributed by atoms with van der Waals surface area (Å²) in [4.78, 5) is 92.7. The Labute approximate surface area is 708 Å². The maximum Gasteiger partial charge on any atom is 0.407 e. The number of fused-ring (bicyclic) bond motifs is 9. The van der Waals surface area contributed by atoms with Gasteiger partial charge in [-0.2, -0.15) is 0 Å². The Hall–Kier alpha value is -7.61. The molecule has 3 aromatic rings. The first-order valence-electron chi connectivity index (χ1n) is 43.5. The molecule has 1 spiro atoms. The van der Waals surface area contributed by atoms with Crippen LogP contribution in [0.25, 0.3) is 11.1 Å². The SMILES string of the molecule is C=C1C[C@@H]2CC[C@@]34C[C@H]5OC6C(O[C@H]7CC[C@H](CC(=O)C[C@@H]8[C@@H](OC)[C@@H](C[C@H](O)CNC(=O)OCc9ccc(NC(=O)[C@H](CCCNC(N)=O)NC(=O)[C@@H](NC(=O)CCOCCOCCOCCOCCOCCOCCNC(=O)OCC%10c%11ccccc%11-c%11ccccc%11%10)C(C)C)cc9)O[C@H]8C[C@H]8O[C@@H](CCC1O2)C[C@@H](C)C8=C)O[C@@H]7[C@@H]6O3)[C@H]5O4. The number of ketones is 1. The number of nitrogens with two attached hydrogens (primary N) is 1. The lowest BCUT2D eigenvalue weighted by molar-refractivity contribution is -0.292. The van der Waals surface area contributed by atoms with Crippen LogP contribution in [-0.2, 0) is 106 Å². The predicted molar refractivity (Wildman–Crippen MR) is 439 cm³/mol. The number of Topliss-reactive ketones (excluding diaryl/α,β-unsaturated/α-hetero) is 1. The molecule has 3 unspecified atom stereocenters. The van der Waals surface area contributed by atoms with Gasteiger partial charge in [0.15, 0.2) is 5.79 Å². The Bertz CT molecular complexity index is 3910. The fourth-order valence-corrected chi connectivity index (χ4v) is 18.7. The number of aliphatic hydroxyl groups is 1. The Morgan fingerprint density at radius 3 is 1.92 bits per heavy atom. The summed E-state index contributed by atoms with van der Waals surface area (Å²) in [5.74, 6) is -3.13. The van der Waals surface area contributed by atoms with Crippen molar-refractivity contribution < 1.29 is 119 Å². The van der Waals surface area contributed by atoms with E-state index < -0.39 is 102 Å². The maximum absolute atomic E-state index is 14.6. The molecule has 0 aromatic heterocycles. The molecule has 1 aliphatic carbocycles. The van der Waals surface area contributed by atoms with Crippen molar-refractivity contribution in [3.63, 3.8) is 0 Å². The summed E-state index contributed by atoms with van der Waals surface area (Å²) < 4.78 is 106. The summed E-state index contributed by atoms with van der Waals surface area (Å²) in [5, 5.41) is 27.9. The van der Waals surface area contributed by atoms with Crippen LogP contribution >= 0.6 is 0 Å². The van der Waals surface area contributed by atoms with Gasteiger partial charge in [-0.05, 0) is 121 Å². The number of nitrogens with one attached hydrogen (secondary N) is 6. The van der Waals surface area contributed by atoms with Crippen LogP contribution in [0, 0.1) is 17.8 Å². The number of primary amides is 1. The molecule has 14 rings (SSSR count). The molecule has 11 aliphatic rings. The second-order valence-corrected chi connectivity index (χ2v) is 33.8. The molecule has 32 nitrogen and oxygen atoms in total. The number of ether oxygens (including phenoxy) is 17. The molecular weight excluding hydrogens is 1570 g/mol. The minimum absolute atomic E-state index is 0.00648. The van der Waals surface area contributed by atoms with Crippen molar-refractivity contribution in [3.8, 4) is 11.1 Å². The summed E-state index contributed by atoms with van der Waals surface area (Å²) >= 11 is 0. The van der Waals surface area contributed by atoms with Gasteiger partial charge in [0.1, 0.15) is 61.6 Å². The van der Waals surface area contributed by atoms with Gasteiger partial charge < -0.3 is 123 Å². The highest BCUT2D eigenvalue weighted by Crippen LogP contribution is 2.55. The number of hydrogen-bond donors (Lipinski definition) is 8. The van der Waals surface area contributed by atoms with Crippen molar-refractivity contribution in [2.75, 3.05) is 118 Å². The summed E-state index contributed by atoms with van der Waals surface area (Å²) in [7, 11) is 1.58. The molecule has 10 heterocycles. The van der Waals surface area contributed by atoms with Crippen LogP contribution in [-0.4, -0.2) is 275 Å². The Morgan fingerprint density at radius 2 is 1.23 bits per heavy atom. The molecule has 10 aliphatic heterocycles. The fraction of sp³-hybridized carbons (Fsp3) is 0.674. The molecule has 12 bridgehead atoms. The molecule has 9 N–H and O–H groups in total. The molecule has 121 heavy (non-hydrogen) atoms. The first kappa shape index (κ1) is 91.1. The van der Waals surface area contributed by atoms with Gasteiger partial charge in [0.2, 0.25) is 17.7 Å². The lowest BCUT2D eigenvalue weighted by Gasteiger charge is -2.47. The van der Waals surface area contributed by atoms with Crippen molar-refractivity contribution in [2.45, 2.75) is 252 Å². The van der Waals surface area contributed by atoms with E-state index in [9.17, 15) is 38.7 Å². The molecule has 0 saturated carbocycles. The standard InChI is InChI=1S/C89H125N7O25/c1-52(2)77(96-76(99)26-30-106-32-34-108-36-38-110-40-41-111-39-37-109-35-33-107-31-29-92-87(103)113-51-68-65-14-9-7-12-63(65)64-13-8-10-15-66(64)68)85(101)95-69(16-11-28-91-86(90)102)84(100)94-57-19-17-56(18-20-57)50-112-88(104)93-49-59(98)46-74-78(105-6)67-45-58(97)44-61-22-24-71-79(116-61)83-82-81(118-71)80-75(119-82)48-89(120-80,121-83)27-25-62-43-54(4)70(114-62)23-21-60-42-53(3)55(5)72(115-60)47-73(67)117-74/h7-10,12-15,17-20,52-53,59-62,67-75,77-83,98H,4-5,11,16,21-51H2,1-3,6H3,(H,92,103)(H,93,104)(H,94,100)(H,95,101)(H,96,99)(H3,90,91,102)/t53-,59+,60+,61-,62+,67+,69+,70?,71+,72-,73+,74-,75-,77+,78-,79+,80+,81?,82?,83+,89+/m1/s1. The van der Waals surface area contributed by atoms with Crippen LogP contribution in [0.15, 0.2) is 97.1 Å². The van der Waals surface area contributed by atoms with Crippen molar-refractivity contribution >= 4 is 47.4 Å². The zero-order valence-electron chi connectivity index (χ0n) is 70.2. The van der Waals surface area contributed by atoms with Crippen molar-refractivity contribution in [1.29, 1.82) is 0 Å². The fourth-order valence-electron chi connectivity index (χ4n) is 18.7. The highest BCUT2D eigenvalue weighted by molar-refractivity contribution is 5.98. The van der Waals surface area contributed by atoms with E-state index in [1.807, 2.05) is 24.3 Å². The molecule has 10 saturated heterocycles. The Kier molecular flexibility index (Phi) is 33.4. The third kappa shape index (κ3) is 24.7. The lowest BCUT2D eigenvalue weighted by Crippen LogP contribution is -2.61. The number of amides is 7. The number of carbonyl (C=O) groups excluding carboxylic acids is 7. The molecule has 10 fully saturated rings. The average molecular weight is 1690 g/mol. The highest BCUT2D eigenvalue weighted by atomic mass is 16.8. The number of urea groups is 1. The first-order valence-corrected chi connectivity index (χ1v) is 43.5.